The largest absolute Gasteiger partial charge is 0.485 e. The van der Waals surface area contributed by atoms with Crippen LogP contribution in [0, 0.1) is 5.82 Å². The number of nitrogens with zero attached hydrogens (tertiary/aromatic N) is 2. The van der Waals surface area contributed by atoms with Gasteiger partial charge in [-0.1, -0.05) is 24.3 Å². The van der Waals surface area contributed by atoms with Crippen LogP contribution in [0.4, 0.5) is 4.39 Å². The SMILES string of the molecule is O=C(Cc1ccc(F)cc1)N1CCN(C(=O)C2COc3ccccc3O2)CC1. The molecule has 2 heterocycles. The zero-order valence-electron chi connectivity index (χ0n) is 15.3. The Bertz CT molecular complexity index is 863. The highest BCUT2D eigenvalue weighted by molar-refractivity contribution is 5.83. The van der Waals surface area contributed by atoms with Crippen LogP contribution < -0.4 is 9.47 Å². The number of hydrogen-bond acceptors (Lipinski definition) is 4. The molecule has 1 saturated heterocycles. The van der Waals surface area contributed by atoms with Crippen molar-refractivity contribution in [3.05, 3.63) is 59.9 Å². The van der Waals surface area contributed by atoms with Crippen LogP contribution in [0.15, 0.2) is 48.5 Å². The summed E-state index contributed by atoms with van der Waals surface area (Å²) < 4.78 is 24.4. The van der Waals surface area contributed by atoms with E-state index in [9.17, 15) is 14.0 Å². The summed E-state index contributed by atoms with van der Waals surface area (Å²) in [4.78, 5) is 28.6. The highest BCUT2D eigenvalue weighted by atomic mass is 19.1. The summed E-state index contributed by atoms with van der Waals surface area (Å²) in [7, 11) is 0. The number of piperazine rings is 1. The third-order valence-corrected chi connectivity index (χ3v) is 5.00. The molecule has 146 valence electrons. The van der Waals surface area contributed by atoms with Gasteiger partial charge in [0.15, 0.2) is 11.5 Å². The third kappa shape index (κ3) is 3.93. The summed E-state index contributed by atoms with van der Waals surface area (Å²) in [6, 6.07) is 13.2. The van der Waals surface area contributed by atoms with Gasteiger partial charge in [-0.25, -0.2) is 4.39 Å². The van der Waals surface area contributed by atoms with Crippen LogP contribution in [-0.4, -0.2) is 60.5 Å². The molecule has 2 aromatic carbocycles. The Morgan fingerprint density at radius 1 is 0.929 bits per heavy atom. The molecule has 0 aliphatic carbocycles. The number of amides is 2. The van der Waals surface area contributed by atoms with Crippen molar-refractivity contribution in [2.24, 2.45) is 0 Å². The topological polar surface area (TPSA) is 59.1 Å². The van der Waals surface area contributed by atoms with Crippen LogP contribution in [0.2, 0.25) is 0 Å². The maximum Gasteiger partial charge on any atom is 0.267 e. The van der Waals surface area contributed by atoms with Crippen molar-refractivity contribution in [2.45, 2.75) is 12.5 Å². The molecule has 2 aliphatic heterocycles. The Morgan fingerprint density at radius 3 is 2.29 bits per heavy atom. The highest BCUT2D eigenvalue weighted by Gasteiger charge is 2.33. The van der Waals surface area contributed by atoms with Crippen molar-refractivity contribution >= 4 is 11.8 Å². The number of fused-ring (bicyclic) bond motifs is 1. The maximum absolute atomic E-state index is 13.0. The van der Waals surface area contributed by atoms with Gasteiger partial charge in [0.25, 0.3) is 5.91 Å². The molecule has 1 fully saturated rings. The molecule has 6 nitrogen and oxygen atoms in total. The lowest BCUT2D eigenvalue weighted by molar-refractivity contribution is -0.146. The Labute approximate surface area is 162 Å². The predicted octanol–water partition coefficient (Wildman–Crippen LogP) is 1.88. The fraction of sp³-hybridized carbons (Fsp3) is 0.333. The van der Waals surface area contributed by atoms with Gasteiger partial charge >= 0.3 is 0 Å². The van der Waals surface area contributed by atoms with Gasteiger partial charge < -0.3 is 19.3 Å². The molecule has 0 spiro atoms. The molecule has 0 N–H and O–H groups in total. The molecule has 2 amide bonds. The molecule has 7 heteroatoms. The minimum atomic E-state index is -0.670. The van der Waals surface area contributed by atoms with Gasteiger partial charge in [0.2, 0.25) is 12.0 Å². The van der Waals surface area contributed by atoms with Crippen molar-refractivity contribution in [3.8, 4) is 11.5 Å². The molecule has 0 radical (unpaired) electrons. The lowest BCUT2D eigenvalue weighted by Gasteiger charge is -2.37. The van der Waals surface area contributed by atoms with E-state index in [-0.39, 0.29) is 30.7 Å². The molecular weight excluding hydrogens is 363 g/mol. The van der Waals surface area contributed by atoms with Crippen LogP contribution in [0.3, 0.4) is 0 Å². The molecule has 4 rings (SSSR count). The lowest BCUT2D eigenvalue weighted by atomic mass is 10.1. The second-order valence-corrected chi connectivity index (χ2v) is 6.87. The summed E-state index contributed by atoms with van der Waals surface area (Å²) in [6.07, 6.45) is -0.443. The molecule has 2 aliphatic rings. The molecule has 1 unspecified atom stereocenters. The number of hydrogen-bond donors (Lipinski definition) is 0. The average Bonchev–Trinajstić information content (AvgIpc) is 2.74. The first kappa shape index (κ1) is 18.3. The van der Waals surface area contributed by atoms with Crippen molar-refractivity contribution < 1.29 is 23.5 Å². The first-order valence-corrected chi connectivity index (χ1v) is 9.29. The first-order chi connectivity index (χ1) is 13.6. The number of ether oxygens (including phenoxy) is 2. The van der Waals surface area contributed by atoms with E-state index in [1.807, 2.05) is 18.2 Å². The molecular formula is C21H21FN2O4. The minimum Gasteiger partial charge on any atom is -0.485 e. The Hall–Kier alpha value is -3.09. The summed E-state index contributed by atoms with van der Waals surface area (Å²) in [5.41, 5.74) is 0.774. The van der Waals surface area contributed by atoms with E-state index < -0.39 is 6.10 Å². The van der Waals surface area contributed by atoms with E-state index in [2.05, 4.69) is 0 Å². The highest BCUT2D eigenvalue weighted by Crippen LogP contribution is 2.31. The van der Waals surface area contributed by atoms with Crippen LogP contribution in [0.25, 0.3) is 0 Å². The number of halogens is 1. The Kier molecular flexibility index (Phi) is 5.14. The summed E-state index contributed by atoms with van der Waals surface area (Å²) in [5.74, 6) is 0.743. The summed E-state index contributed by atoms with van der Waals surface area (Å²) in [5, 5.41) is 0. The molecule has 0 saturated carbocycles. The van der Waals surface area contributed by atoms with E-state index in [0.717, 1.165) is 5.56 Å². The van der Waals surface area contributed by atoms with Gasteiger partial charge in [-0.3, -0.25) is 9.59 Å². The number of benzene rings is 2. The van der Waals surface area contributed by atoms with Crippen LogP contribution >= 0.6 is 0 Å². The molecule has 28 heavy (non-hydrogen) atoms. The van der Waals surface area contributed by atoms with E-state index in [1.165, 1.54) is 12.1 Å². The lowest BCUT2D eigenvalue weighted by Crippen LogP contribution is -2.55. The van der Waals surface area contributed by atoms with E-state index in [1.54, 1.807) is 28.0 Å². The van der Waals surface area contributed by atoms with Gasteiger partial charge in [-0.2, -0.15) is 0 Å². The number of carbonyl (C=O) groups excluding carboxylic acids is 2. The second-order valence-electron chi connectivity index (χ2n) is 6.87. The molecule has 2 aromatic rings. The van der Waals surface area contributed by atoms with Crippen molar-refractivity contribution in [2.75, 3.05) is 32.8 Å². The fourth-order valence-electron chi connectivity index (χ4n) is 3.41. The number of para-hydroxylation sites is 2. The Morgan fingerprint density at radius 2 is 1.57 bits per heavy atom. The smallest absolute Gasteiger partial charge is 0.267 e. The van der Waals surface area contributed by atoms with E-state index in [4.69, 9.17) is 9.47 Å². The standard InChI is InChI=1S/C21H21FN2O4/c22-16-7-5-15(6-8-16)13-20(25)23-9-11-24(12-10-23)21(26)19-14-27-17-3-1-2-4-18(17)28-19/h1-8,19H,9-14H2. The van der Waals surface area contributed by atoms with Gasteiger partial charge in [-0.05, 0) is 29.8 Å². The van der Waals surface area contributed by atoms with Crippen molar-refractivity contribution in [1.82, 2.24) is 9.80 Å². The quantitative estimate of drug-likeness (QED) is 0.811. The second kappa shape index (κ2) is 7.88. The number of rotatable bonds is 3. The van der Waals surface area contributed by atoms with Gasteiger partial charge in [0.1, 0.15) is 12.4 Å². The zero-order chi connectivity index (χ0) is 19.5. The van der Waals surface area contributed by atoms with Crippen LogP contribution in [0.5, 0.6) is 11.5 Å². The fourth-order valence-corrected chi connectivity index (χ4v) is 3.41. The Balaban J connectivity index is 1.29. The van der Waals surface area contributed by atoms with Crippen LogP contribution in [-0.2, 0) is 16.0 Å². The summed E-state index contributed by atoms with van der Waals surface area (Å²) >= 11 is 0. The van der Waals surface area contributed by atoms with Gasteiger partial charge in [0, 0.05) is 26.2 Å². The average molecular weight is 384 g/mol. The molecule has 1 atom stereocenters. The van der Waals surface area contributed by atoms with E-state index in [0.29, 0.717) is 37.7 Å². The van der Waals surface area contributed by atoms with Gasteiger partial charge in [-0.15, -0.1) is 0 Å². The van der Waals surface area contributed by atoms with Crippen molar-refractivity contribution in [3.63, 3.8) is 0 Å². The zero-order valence-corrected chi connectivity index (χ0v) is 15.3. The van der Waals surface area contributed by atoms with Crippen LogP contribution in [0.1, 0.15) is 5.56 Å². The van der Waals surface area contributed by atoms with E-state index >= 15 is 0 Å². The third-order valence-electron chi connectivity index (χ3n) is 5.00. The van der Waals surface area contributed by atoms with Gasteiger partial charge in [0.05, 0.1) is 6.42 Å². The van der Waals surface area contributed by atoms with Crippen molar-refractivity contribution in [1.29, 1.82) is 0 Å². The monoisotopic (exact) mass is 384 g/mol. The molecule has 0 bridgehead atoms. The number of carbonyl (C=O) groups is 2. The normalized spacial score (nSPS) is 18.7. The minimum absolute atomic E-state index is 0.0233. The first-order valence-electron chi connectivity index (χ1n) is 9.29. The predicted molar refractivity (Wildman–Crippen MR) is 99.6 cm³/mol. The maximum atomic E-state index is 13.0. The molecule has 0 aromatic heterocycles. The summed E-state index contributed by atoms with van der Waals surface area (Å²) in [6.45, 7) is 2.02.